The molecule has 1 N–H and O–H groups in total. The second-order valence-corrected chi connectivity index (χ2v) is 6.77. The number of fused-ring (bicyclic) bond motifs is 1. The van der Waals surface area contributed by atoms with E-state index in [2.05, 4.69) is 10.1 Å². The number of carbonyl (C=O) groups is 1. The first-order chi connectivity index (χ1) is 13.4. The third-order valence-corrected chi connectivity index (χ3v) is 4.89. The van der Waals surface area contributed by atoms with Crippen LogP contribution in [0.3, 0.4) is 0 Å². The van der Waals surface area contributed by atoms with Crippen molar-refractivity contribution in [3.63, 3.8) is 0 Å². The van der Waals surface area contributed by atoms with E-state index in [0.717, 1.165) is 12.8 Å². The van der Waals surface area contributed by atoms with Crippen LogP contribution in [0.15, 0.2) is 48.5 Å². The van der Waals surface area contributed by atoms with E-state index >= 15 is 0 Å². The molecule has 4 rings (SSSR count). The molecule has 8 heteroatoms. The Morgan fingerprint density at radius 3 is 2.64 bits per heavy atom. The van der Waals surface area contributed by atoms with Gasteiger partial charge < -0.3 is 19.7 Å². The standard InChI is InChI=1S/C20H19F3N2O3/c21-20(22,23)28-17-10-4-2-8-15(17)18-24-16-9-3-1-7-14(16)19(26)25(18)12-13-6-5-11-27-13/h1-4,7-10,13,18,24H,5-6,11-12H2/t13-,18-/m1/s1. The SMILES string of the molecule is O=C1c2ccccc2N[C@@H](c2ccccc2OC(F)(F)F)N1C[C@H]1CCCO1. The number of rotatable bonds is 4. The lowest BCUT2D eigenvalue weighted by molar-refractivity contribution is -0.275. The maximum absolute atomic E-state index is 13.2. The maximum atomic E-state index is 13.2. The van der Waals surface area contributed by atoms with E-state index in [9.17, 15) is 18.0 Å². The van der Waals surface area contributed by atoms with E-state index in [-0.39, 0.29) is 29.9 Å². The number of ether oxygens (including phenoxy) is 2. The predicted octanol–water partition coefficient (Wildman–Crippen LogP) is 4.33. The van der Waals surface area contributed by atoms with Crippen molar-refractivity contribution in [3.8, 4) is 5.75 Å². The molecule has 148 valence electrons. The van der Waals surface area contributed by atoms with Gasteiger partial charge in [-0.05, 0) is 31.0 Å². The van der Waals surface area contributed by atoms with E-state index in [4.69, 9.17) is 4.74 Å². The highest BCUT2D eigenvalue weighted by Gasteiger charge is 2.38. The van der Waals surface area contributed by atoms with Crippen LogP contribution in [-0.2, 0) is 4.74 Å². The molecule has 28 heavy (non-hydrogen) atoms. The van der Waals surface area contributed by atoms with Crippen molar-refractivity contribution in [3.05, 3.63) is 59.7 Å². The number of hydrogen-bond acceptors (Lipinski definition) is 4. The molecule has 0 spiro atoms. The van der Waals surface area contributed by atoms with Gasteiger partial charge in [0.1, 0.15) is 11.9 Å². The van der Waals surface area contributed by atoms with Gasteiger partial charge in [-0.1, -0.05) is 30.3 Å². The fourth-order valence-electron chi connectivity index (χ4n) is 3.66. The first-order valence-electron chi connectivity index (χ1n) is 9.05. The van der Waals surface area contributed by atoms with E-state index in [1.54, 1.807) is 30.3 Å². The molecule has 0 saturated carbocycles. The smallest absolute Gasteiger partial charge is 0.405 e. The molecular weight excluding hydrogens is 373 g/mol. The normalized spacial score (nSPS) is 22.0. The van der Waals surface area contributed by atoms with Crippen molar-refractivity contribution < 1.29 is 27.4 Å². The number of amides is 1. The Morgan fingerprint density at radius 2 is 1.89 bits per heavy atom. The number of carbonyl (C=O) groups excluding carboxylic acids is 1. The number of alkyl halides is 3. The van der Waals surface area contributed by atoms with Gasteiger partial charge in [0.25, 0.3) is 5.91 Å². The first-order valence-corrected chi connectivity index (χ1v) is 9.05. The molecule has 2 heterocycles. The summed E-state index contributed by atoms with van der Waals surface area (Å²) in [6, 6.07) is 12.8. The lowest BCUT2D eigenvalue weighted by Crippen LogP contribution is -2.46. The number of benzene rings is 2. The fraction of sp³-hybridized carbons (Fsp3) is 0.350. The average Bonchev–Trinajstić information content (AvgIpc) is 3.16. The molecule has 1 saturated heterocycles. The van der Waals surface area contributed by atoms with Crippen molar-refractivity contribution in [2.45, 2.75) is 31.5 Å². The lowest BCUT2D eigenvalue weighted by atomic mass is 10.0. The van der Waals surface area contributed by atoms with Crippen LogP contribution in [0.5, 0.6) is 5.75 Å². The van der Waals surface area contributed by atoms with Crippen LogP contribution in [-0.4, -0.2) is 36.4 Å². The number of anilines is 1. The molecule has 0 bridgehead atoms. The lowest BCUT2D eigenvalue weighted by Gasteiger charge is -2.39. The molecule has 0 radical (unpaired) electrons. The number of nitrogens with zero attached hydrogens (tertiary/aromatic N) is 1. The Balaban J connectivity index is 1.74. The highest BCUT2D eigenvalue weighted by Crippen LogP contribution is 2.38. The topological polar surface area (TPSA) is 50.8 Å². The van der Waals surface area contributed by atoms with Gasteiger partial charge in [0.15, 0.2) is 0 Å². The van der Waals surface area contributed by atoms with Crippen molar-refractivity contribution >= 4 is 11.6 Å². The van der Waals surface area contributed by atoms with Crippen LogP contribution < -0.4 is 10.1 Å². The van der Waals surface area contributed by atoms with Gasteiger partial charge in [-0.3, -0.25) is 4.79 Å². The minimum absolute atomic E-state index is 0.144. The van der Waals surface area contributed by atoms with Gasteiger partial charge in [0.2, 0.25) is 0 Å². The van der Waals surface area contributed by atoms with Crippen molar-refractivity contribution in [2.24, 2.45) is 0 Å². The van der Waals surface area contributed by atoms with Crippen LogP contribution in [0.4, 0.5) is 18.9 Å². The maximum Gasteiger partial charge on any atom is 0.573 e. The highest BCUT2D eigenvalue weighted by atomic mass is 19.4. The Hall–Kier alpha value is -2.74. The largest absolute Gasteiger partial charge is 0.573 e. The minimum atomic E-state index is -4.83. The van der Waals surface area contributed by atoms with Crippen LogP contribution in [0.1, 0.15) is 34.9 Å². The molecule has 0 aromatic heterocycles. The molecule has 2 atom stereocenters. The van der Waals surface area contributed by atoms with Crippen LogP contribution in [0, 0.1) is 0 Å². The Kier molecular flexibility index (Phi) is 4.89. The third kappa shape index (κ3) is 3.77. The molecule has 5 nitrogen and oxygen atoms in total. The number of para-hydroxylation sites is 2. The zero-order valence-corrected chi connectivity index (χ0v) is 14.9. The summed E-state index contributed by atoms with van der Waals surface area (Å²) in [7, 11) is 0. The van der Waals surface area contributed by atoms with E-state index in [1.807, 2.05) is 0 Å². The summed E-state index contributed by atoms with van der Waals surface area (Å²) in [5, 5.41) is 3.20. The van der Waals surface area contributed by atoms with Crippen LogP contribution in [0.25, 0.3) is 0 Å². The molecule has 0 aliphatic carbocycles. The average molecular weight is 392 g/mol. The second kappa shape index (κ2) is 7.35. The monoisotopic (exact) mass is 392 g/mol. The molecule has 0 unspecified atom stereocenters. The summed E-state index contributed by atoms with van der Waals surface area (Å²) >= 11 is 0. The van der Waals surface area contributed by atoms with Crippen LogP contribution >= 0.6 is 0 Å². The quantitative estimate of drug-likeness (QED) is 0.842. The Labute approximate surface area is 160 Å². The zero-order valence-electron chi connectivity index (χ0n) is 14.9. The van der Waals surface area contributed by atoms with Gasteiger partial charge in [-0.15, -0.1) is 13.2 Å². The van der Waals surface area contributed by atoms with E-state index in [1.165, 1.54) is 23.1 Å². The highest BCUT2D eigenvalue weighted by molar-refractivity contribution is 6.01. The molecule has 2 aromatic carbocycles. The Morgan fingerprint density at radius 1 is 1.14 bits per heavy atom. The summed E-state index contributed by atoms with van der Waals surface area (Å²) < 4.78 is 48.5. The fourth-order valence-corrected chi connectivity index (χ4v) is 3.66. The van der Waals surface area contributed by atoms with Crippen molar-refractivity contribution in [1.82, 2.24) is 4.90 Å². The molecule has 2 aromatic rings. The van der Waals surface area contributed by atoms with Gasteiger partial charge in [-0.25, -0.2) is 0 Å². The molecule has 2 aliphatic heterocycles. The van der Waals surface area contributed by atoms with E-state index < -0.39 is 12.5 Å². The summed E-state index contributed by atoms with van der Waals surface area (Å²) in [6.45, 7) is 0.903. The van der Waals surface area contributed by atoms with Crippen molar-refractivity contribution in [2.75, 3.05) is 18.5 Å². The molecular formula is C20H19F3N2O3. The van der Waals surface area contributed by atoms with E-state index in [0.29, 0.717) is 17.9 Å². The zero-order chi connectivity index (χ0) is 19.7. The minimum Gasteiger partial charge on any atom is -0.405 e. The summed E-state index contributed by atoms with van der Waals surface area (Å²) in [4.78, 5) is 14.7. The first kappa shape index (κ1) is 18.6. The van der Waals surface area contributed by atoms with Gasteiger partial charge in [-0.2, -0.15) is 0 Å². The third-order valence-electron chi connectivity index (χ3n) is 4.89. The van der Waals surface area contributed by atoms with Crippen LogP contribution in [0.2, 0.25) is 0 Å². The molecule has 1 fully saturated rings. The van der Waals surface area contributed by atoms with Crippen molar-refractivity contribution in [1.29, 1.82) is 0 Å². The number of halogens is 3. The van der Waals surface area contributed by atoms with Gasteiger partial charge in [0.05, 0.1) is 11.7 Å². The molecule has 2 aliphatic rings. The summed E-state index contributed by atoms with van der Waals surface area (Å²) in [5.41, 5.74) is 1.29. The molecule has 1 amide bonds. The van der Waals surface area contributed by atoms with Gasteiger partial charge in [0, 0.05) is 24.4 Å². The summed E-state index contributed by atoms with van der Waals surface area (Å²) in [5.74, 6) is -0.589. The Bertz CT molecular complexity index is 866. The second-order valence-electron chi connectivity index (χ2n) is 6.77. The predicted molar refractivity (Wildman–Crippen MR) is 95.9 cm³/mol. The number of nitrogens with one attached hydrogen (secondary N) is 1. The summed E-state index contributed by atoms with van der Waals surface area (Å²) in [6.07, 6.45) is -4.07. The number of hydrogen-bond donors (Lipinski definition) is 1. The van der Waals surface area contributed by atoms with Gasteiger partial charge >= 0.3 is 6.36 Å².